The van der Waals surface area contributed by atoms with Crippen molar-refractivity contribution in [3.8, 4) is 11.6 Å². The fraction of sp³-hybridized carbons (Fsp3) is 0.160. The number of aromatic amines is 1. The van der Waals surface area contributed by atoms with Gasteiger partial charge in [-0.2, -0.15) is 0 Å². The number of hydrogen-bond acceptors (Lipinski definition) is 7. The van der Waals surface area contributed by atoms with E-state index in [4.69, 9.17) is 21.1 Å². The molecule has 0 aliphatic heterocycles. The monoisotopic (exact) mass is 523 g/mol. The molecule has 0 aliphatic rings. The number of methoxy groups -OCH3 is 1. The number of H-pyrrole nitrogens is 1. The molecule has 0 spiro atoms. The van der Waals surface area contributed by atoms with Crippen molar-refractivity contribution in [1.29, 1.82) is 0 Å². The third-order valence-corrected chi connectivity index (χ3v) is 5.53. The molecule has 2 aromatic heterocycles. The number of hydrogen-bond donors (Lipinski definition) is 2. The van der Waals surface area contributed by atoms with Gasteiger partial charge in [0.15, 0.2) is 6.10 Å². The van der Waals surface area contributed by atoms with Crippen molar-refractivity contribution in [2.75, 3.05) is 7.11 Å². The lowest BCUT2D eigenvalue weighted by atomic mass is 10.2. The molecule has 0 saturated carbocycles. The maximum atomic E-state index is 13.3. The number of aromatic nitrogens is 4. The van der Waals surface area contributed by atoms with Crippen LogP contribution >= 0.6 is 11.6 Å². The van der Waals surface area contributed by atoms with Crippen LogP contribution in [0.4, 0.5) is 5.69 Å². The highest BCUT2D eigenvalue weighted by molar-refractivity contribution is 6.30. The van der Waals surface area contributed by atoms with Crippen LogP contribution in [0.2, 0.25) is 5.02 Å². The smallest absolute Gasteiger partial charge is 0.335 e. The van der Waals surface area contributed by atoms with Crippen LogP contribution in [0.5, 0.6) is 11.6 Å². The fourth-order valence-electron chi connectivity index (χ4n) is 3.38. The number of carboxylic acid groups (broad SMARTS) is 1. The van der Waals surface area contributed by atoms with Crippen molar-refractivity contribution in [3.05, 3.63) is 110 Å². The molecule has 190 valence electrons. The van der Waals surface area contributed by atoms with E-state index in [2.05, 4.69) is 15.0 Å². The lowest BCUT2D eigenvalue weighted by molar-refractivity contribution is -0.149. The number of benzene rings is 2. The number of rotatable bonds is 9. The molecule has 2 heterocycles. The number of nitrogens with zero attached hydrogens (tertiary/aromatic N) is 4. The maximum Gasteiger partial charge on any atom is 0.335 e. The van der Waals surface area contributed by atoms with Gasteiger partial charge >= 0.3 is 17.3 Å². The Morgan fingerprint density at radius 2 is 1.81 bits per heavy atom. The molecule has 4 rings (SSSR count). The molecule has 2 N–H and O–H groups in total. The van der Waals surface area contributed by atoms with Crippen LogP contribution in [0.25, 0.3) is 0 Å². The largest absolute Gasteiger partial charge is 0.479 e. The van der Waals surface area contributed by atoms with Crippen LogP contribution < -0.4 is 21.7 Å². The van der Waals surface area contributed by atoms with Gasteiger partial charge in [-0.3, -0.25) is 9.55 Å². The lowest BCUT2D eigenvalue weighted by Gasteiger charge is -2.14. The van der Waals surface area contributed by atoms with Gasteiger partial charge in [-0.25, -0.2) is 28.9 Å². The predicted molar refractivity (Wildman–Crippen MR) is 134 cm³/mol. The number of aliphatic carboxylic acids is 1. The van der Waals surface area contributed by atoms with E-state index in [0.29, 0.717) is 27.9 Å². The average Bonchev–Trinajstić information content (AvgIpc) is 2.89. The molecular weight excluding hydrogens is 502 g/mol. The number of ether oxygens (including phenoxy) is 2. The second-order valence-electron chi connectivity index (χ2n) is 7.80. The Morgan fingerprint density at radius 3 is 2.43 bits per heavy atom. The SMILES string of the molecule is CO[C@H](Cn1c(=O)[nH]/c(=N\c2ccc(Oc3ccccn3)cc2)n(Cc2ccc(Cl)cc2)c1=O)C(=O)O. The molecule has 0 radical (unpaired) electrons. The third-order valence-electron chi connectivity index (χ3n) is 5.28. The van der Waals surface area contributed by atoms with E-state index in [9.17, 15) is 19.5 Å². The van der Waals surface area contributed by atoms with E-state index in [-0.39, 0.29) is 12.2 Å². The summed E-state index contributed by atoms with van der Waals surface area (Å²) in [6.45, 7) is -0.447. The van der Waals surface area contributed by atoms with E-state index in [1.807, 2.05) is 0 Å². The summed E-state index contributed by atoms with van der Waals surface area (Å²) in [5.74, 6) is -0.355. The first-order chi connectivity index (χ1) is 17.8. The molecule has 11 nitrogen and oxygen atoms in total. The first-order valence-corrected chi connectivity index (χ1v) is 11.4. The van der Waals surface area contributed by atoms with Gasteiger partial charge in [0.1, 0.15) is 5.75 Å². The Morgan fingerprint density at radius 1 is 1.08 bits per heavy atom. The van der Waals surface area contributed by atoms with Gasteiger partial charge < -0.3 is 14.6 Å². The van der Waals surface area contributed by atoms with Gasteiger partial charge in [-0.05, 0) is 48.0 Å². The maximum absolute atomic E-state index is 13.3. The Hall–Kier alpha value is -4.48. The van der Waals surface area contributed by atoms with E-state index >= 15 is 0 Å². The van der Waals surface area contributed by atoms with Gasteiger partial charge in [0.25, 0.3) is 0 Å². The molecular formula is C25H22ClN5O6. The topological polar surface area (TPSA) is 141 Å². The molecule has 0 unspecified atom stereocenters. The average molecular weight is 524 g/mol. The fourth-order valence-corrected chi connectivity index (χ4v) is 3.50. The van der Waals surface area contributed by atoms with Crippen molar-refractivity contribution in [2.24, 2.45) is 4.99 Å². The van der Waals surface area contributed by atoms with Crippen LogP contribution in [0.3, 0.4) is 0 Å². The van der Waals surface area contributed by atoms with Gasteiger partial charge in [0.05, 0.1) is 18.8 Å². The molecule has 4 aromatic rings. The molecule has 1 atom stereocenters. The normalized spacial score (nSPS) is 12.3. The van der Waals surface area contributed by atoms with Crippen LogP contribution in [0.1, 0.15) is 5.56 Å². The molecule has 0 saturated heterocycles. The second-order valence-corrected chi connectivity index (χ2v) is 8.23. The number of nitrogens with one attached hydrogen (secondary N) is 1. The molecule has 12 heteroatoms. The Bertz CT molecular complexity index is 1560. The summed E-state index contributed by atoms with van der Waals surface area (Å²) in [4.78, 5) is 48.7. The minimum Gasteiger partial charge on any atom is -0.479 e. The van der Waals surface area contributed by atoms with Crippen molar-refractivity contribution < 1.29 is 19.4 Å². The van der Waals surface area contributed by atoms with E-state index < -0.39 is 30.0 Å². The van der Waals surface area contributed by atoms with Crippen molar-refractivity contribution >= 4 is 23.3 Å². The Kier molecular flexibility index (Phi) is 7.96. The van der Waals surface area contributed by atoms with Crippen LogP contribution in [-0.4, -0.2) is 43.4 Å². The van der Waals surface area contributed by atoms with Gasteiger partial charge in [0.2, 0.25) is 11.5 Å². The number of halogens is 1. The summed E-state index contributed by atoms with van der Waals surface area (Å²) >= 11 is 5.97. The summed E-state index contributed by atoms with van der Waals surface area (Å²) in [7, 11) is 1.19. The summed E-state index contributed by atoms with van der Waals surface area (Å²) in [5, 5.41) is 9.83. The molecule has 2 aromatic carbocycles. The van der Waals surface area contributed by atoms with Crippen molar-refractivity contribution in [3.63, 3.8) is 0 Å². The summed E-state index contributed by atoms with van der Waals surface area (Å²) in [6, 6.07) is 18.7. The van der Waals surface area contributed by atoms with E-state index in [0.717, 1.165) is 4.57 Å². The Balaban J connectivity index is 1.75. The highest BCUT2D eigenvalue weighted by Crippen LogP contribution is 2.22. The van der Waals surface area contributed by atoms with Gasteiger partial charge in [0, 0.05) is 24.4 Å². The lowest BCUT2D eigenvalue weighted by Crippen LogP contribution is -2.52. The zero-order valence-electron chi connectivity index (χ0n) is 19.6. The van der Waals surface area contributed by atoms with Crippen molar-refractivity contribution in [2.45, 2.75) is 19.2 Å². The van der Waals surface area contributed by atoms with E-state index in [1.165, 1.54) is 11.7 Å². The molecule has 0 bridgehead atoms. The predicted octanol–water partition coefficient (Wildman–Crippen LogP) is 2.56. The minimum atomic E-state index is -1.39. The van der Waals surface area contributed by atoms with E-state index in [1.54, 1.807) is 72.9 Å². The highest BCUT2D eigenvalue weighted by atomic mass is 35.5. The second kappa shape index (κ2) is 11.5. The minimum absolute atomic E-state index is 0.0242. The first kappa shape index (κ1) is 25.6. The van der Waals surface area contributed by atoms with Gasteiger partial charge in [-0.15, -0.1) is 0 Å². The molecule has 0 amide bonds. The molecule has 0 aliphatic carbocycles. The number of carbonyl (C=O) groups is 1. The van der Waals surface area contributed by atoms with Crippen LogP contribution in [-0.2, 0) is 22.6 Å². The summed E-state index contributed by atoms with van der Waals surface area (Å²) in [5.41, 5.74) is -0.456. The zero-order valence-corrected chi connectivity index (χ0v) is 20.3. The quantitative estimate of drug-likeness (QED) is 0.343. The van der Waals surface area contributed by atoms with Crippen LogP contribution in [0.15, 0.2) is 87.5 Å². The molecule has 37 heavy (non-hydrogen) atoms. The Labute approximate surface area is 214 Å². The number of carboxylic acids is 1. The first-order valence-electron chi connectivity index (χ1n) is 11.0. The standard InChI is InChI=1S/C25H22ClN5O6/c1-36-20(22(32)33)15-31-24(34)29-23(30(25(31)35)14-16-5-7-17(26)8-6-16)28-18-9-11-19(12-10-18)37-21-4-2-3-13-27-21/h2-13,20H,14-15H2,1H3,(H,32,33)(H,28,29,34)/t20-/m1/s1. The highest BCUT2D eigenvalue weighted by Gasteiger charge is 2.20. The summed E-state index contributed by atoms with van der Waals surface area (Å²) < 4.78 is 12.6. The van der Waals surface area contributed by atoms with Gasteiger partial charge in [-0.1, -0.05) is 29.8 Å². The molecule has 0 fully saturated rings. The zero-order chi connectivity index (χ0) is 26.4. The van der Waals surface area contributed by atoms with Crippen LogP contribution in [0, 0.1) is 0 Å². The number of pyridine rings is 1. The third kappa shape index (κ3) is 6.40. The summed E-state index contributed by atoms with van der Waals surface area (Å²) in [6.07, 6.45) is 0.222. The van der Waals surface area contributed by atoms with Crippen molar-refractivity contribution in [1.82, 2.24) is 19.1 Å².